The lowest BCUT2D eigenvalue weighted by atomic mass is 9.82. The lowest BCUT2D eigenvalue weighted by molar-refractivity contribution is -0.0327. The molecule has 0 fully saturated rings. The molecule has 0 unspecified atom stereocenters. The summed E-state index contributed by atoms with van der Waals surface area (Å²) in [5.74, 6) is 0. The zero-order valence-corrected chi connectivity index (χ0v) is 15.6. The van der Waals surface area contributed by atoms with Gasteiger partial charge in [-0.3, -0.25) is 5.41 Å². The number of nitrogens with zero attached hydrogens (tertiary/aromatic N) is 1. The molecular weight excluding hydrogens is 357 g/mol. The number of hydrogen-bond acceptors (Lipinski definition) is 3. The van der Waals surface area contributed by atoms with E-state index < -0.39 is 5.51 Å². The van der Waals surface area contributed by atoms with E-state index in [-0.39, 0.29) is 11.9 Å². The highest BCUT2D eigenvalue weighted by molar-refractivity contribution is 7.99. The number of halogens is 3. The first-order chi connectivity index (χ1) is 12.2. The van der Waals surface area contributed by atoms with Crippen molar-refractivity contribution in [3.63, 3.8) is 0 Å². The van der Waals surface area contributed by atoms with Crippen molar-refractivity contribution in [2.75, 3.05) is 0 Å². The van der Waals surface area contributed by atoms with Gasteiger partial charge in [-0.2, -0.15) is 13.2 Å². The molecule has 0 bridgehead atoms. The molecule has 2 aromatic rings. The summed E-state index contributed by atoms with van der Waals surface area (Å²) in [5.41, 5.74) is 2.83. The highest BCUT2D eigenvalue weighted by Gasteiger charge is 2.30. The molecule has 136 valence electrons. The van der Waals surface area contributed by atoms with Gasteiger partial charge in [0.15, 0.2) is 0 Å². The fourth-order valence-corrected chi connectivity index (χ4v) is 3.70. The Hall–Kier alpha value is -2.08. The van der Waals surface area contributed by atoms with Gasteiger partial charge in [-0.05, 0) is 48.6 Å². The molecule has 2 nitrogen and oxygen atoms in total. The van der Waals surface area contributed by atoms with Crippen LogP contribution in [0.3, 0.4) is 0 Å². The molecule has 0 atom stereocenters. The maximum atomic E-state index is 12.7. The third-order valence-electron chi connectivity index (χ3n) is 4.81. The molecule has 0 saturated carbocycles. The van der Waals surface area contributed by atoms with Gasteiger partial charge in [0.25, 0.3) is 0 Å². The molecule has 0 spiro atoms. The van der Waals surface area contributed by atoms with Gasteiger partial charge >= 0.3 is 5.51 Å². The number of fused-ring (bicyclic) bond motifs is 2. The maximum Gasteiger partial charge on any atom is 0.463 e. The van der Waals surface area contributed by atoms with Crippen LogP contribution in [0, 0.1) is 26.2 Å². The molecule has 3 rings (SSSR count). The first-order valence-corrected chi connectivity index (χ1v) is 9.02. The average Bonchev–Trinajstić information content (AvgIpc) is 2.55. The van der Waals surface area contributed by atoms with Crippen LogP contribution in [0.1, 0.15) is 38.9 Å². The molecule has 26 heavy (non-hydrogen) atoms. The van der Waals surface area contributed by atoms with Gasteiger partial charge in [0.2, 0.25) is 0 Å². The van der Waals surface area contributed by atoms with Crippen molar-refractivity contribution in [2.45, 2.75) is 39.1 Å². The smallest absolute Gasteiger partial charge is 0.300 e. The molecule has 1 aliphatic carbocycles. The van der Waals surface area contributed by atoms with Gasteiger partial charge in [-0.15, -0.1) is 0 Å². The second-order valence-corrected chi connectivity index (χ2v) is 7.39. The summed E-state index contributed by atoms with van der Waals surface area (Å²) in [6, 6.07) is 9.54. The number of rotatable bonds is 1. The first-order valence-electron chi connectivity index (χ1n) is 8.25. The Morgan fingerprint density at radius 2 is 1.73 bits per heavy atom. The van der Waals surface area contributed by atoms with Gasteiger partial charge in [-0.1, -0.05) is 30.3 Å². The summed E-state index contributed by atoms with van der Waals surface area (Å²) in [4.78, 5) is 0. The third-order valence-corrected chi connectivity index (χ3v) is 5.36. The Balaban J connectivity index is 2.21. The number of benzene rings is 2. The Kier molecular flexibility index (Phi) is 4.97. The van der Waals surface area contributed by atoms with E-state index >= 15 is 0 Å². The van der Waals surface area contributed by atoms with Crippen molar-refractivity contribution in [2.24, 2.45) is 4.40 Å². The molecule has 0 aromatic heterocycles. The van der Waals surface area contributed by atoms with Crippen LogP contribution in [0.15, 0.2) is 34.7 Å². The largest absolute Gasteiger partial charge is 0.463 e. The lowest BCUT2D eigenvalue weighted by Crippen LogP contribution is -2.21. The van der Waals surface area contributed by atoms with Crippen LogP contribution >= 0.6 is 11.9 Å². The number of nitrogens with one attached hydrogen (secondary N) is 1. The zero-order valence-electron chi connectivity index (χ0n) is 14.8. The van der Waals surface area contributed by atoms with Gasteiger partial charge in [0, 0.05) is 29.7 Å². The molecule has 0 heterocycles. The van der Waals surface area contributed by atoms with E-state index in [0.29, 0.717) is 24.3 Å². The van der Waals surface area contributed by atoms with E-state index in [0.717, 1.165) is 38.9 Å². The molecule has 0 aliphatic heterocycles. The van der Waals surface area contributed by atoms with Crippen LogP contribution in [0.2, 0.25) is 0 Å². The van der Waals surface area contributed by atoms with Crippen LogP contribution in [-0.2, 0) is 12.8 Å². The second-order valence-electron chi connectivity index (χ2n) is 6.57. The van der Waals surface area contributed by atoms with E-state index in [2.05, 4.69) is 4.40 Å². The van der Waals surface area contributed by atoms with Gasteiger partial charge < -0.3 is 0 Å². The molecule has 2 aromatic carbocycles. The minimum absolute atomic E-state index is 0.315. The predicted molar refractivity (Wildman–Crippen MR) is 102 cm³/mol. The summed E-state index contributed by atoms with van der Waals surface area (Å²) in [5, 5.41) is 8.77. The fraction of sp³-hybridized carbons (Fsp3) is 0.300. The van der Waals surface area contributed by atoms with E-state index in [9.17, 15) is 13.2 Å². The standard InChI is InChI=1S/C20H19F3N2S/c1-11-7-8-14-9-15(25-26-20(21,22)23)10-17-12(2)5-4-6-16(17)19(24)18(14)13(11)3/h4-8,24H,9-10H2,1-3H3/b24-19?,25-15-. The molecule has 6 heteroatoms. The van der Waals surface area contributed by atoms with Gasteiger partial charge in [0.05, 0.1) is 17.7 Å². The van der Waals surface area contributed by atoms with Crippen molar-refractivity contribution in [1.82, 2.24) is 0 Å². The Morgan fingerprint density at radius 3 is 2.42 bits per heavy atom. The second kappa shape index (κ2) is 6.91. The molecule has 0 radical (unpaired) electrons. The number of aryl methyl sites for hydroxylation is 2. The van der Waals surface area contributed by atoms with Crippen molar-refractivity contribution in [3.8, 4) is 0 Å². The molecule has 0 amide bonds. The number of hydrogen-bond donors (Lipinski definition) is 1. The fourth-order valence-electron chi connectivity index (χ4n) is 3.34. The summed E-state index contributed by atoms with van der Waals surface area (Å²) >= 11 is -0.346. The zero-order chi connectivity index (χ0) is 19.1. The summed E-state index contributed by atoms with van der Waals surface area (Å²) in [6.45, 7) is 5.86. The highest BCUT2D eigenvalue weighted by Crippen LogP contribution is 2.33. The molecular formula is C20H19F3N2S. The summed E-state index contributed by atoms with van der Waals surface area (Å²) in [7, 11) is 0. The topological polar surface area (TPSA) is 36.2 Å². The highest BCUT2D eigenvalue weighted by atomic mass is 32.2. The first kappa shape index (κ1) is 18.7. The summed E-state index contributed by atoms with van der Waals surface area (Å²) < 4.78 is 41.8. The van der Waals surface area contributed by atoms with Crippen LogP contribution < -0.4 is 0 Å². The van der Waals surface area contributed by atoms with Crippen molar-refractivity contribution in [3.05, 3.63) is 69.3 Å². The molecule has 1 aliphatic rings. The van der Waals surface area contributed by atoms with E-state index in [1.165, 1.54) is 0 Å². The Bertz CT molecular complexity index is 914. The van der Waals surface area contributed by atoms with E-state index in [1.54, 1.807) is 0 Å². The Morgan fingerprint density at radius 1 is 1.00 bits per heavy atom. The van der Waals surface area contributed by atoms with Crippen LogP contribution in [-0.4, -0.2) is 16.9 Å². The van der Waals surface area contributed by atoms with E-state index in [4.69, 9.17) is 5.41 Å². The average molecular weight is 376 g/mol. The van der Waals surface area contributed by atoms with Crippen LogP contribution in [0.4, 0.5) is 13.2 Å². The normalized spacial score (nSPS) is 16.1. The summed E-state index contributed by atoms with van der Waals surface area (Å²) in [6.07, 6.45) is 0.634. The SMILES string of the molecule is Cc1ccc2c(c1C)C(=N)c1cccc(C)c1C/C(=N\SC(F)(F)F)C2. The van der Waals surface area contributed by atoms with Gasteiger partial charge in [0.1, 0.15) is 0 Å². The monoisotopic (exact) mass is 376 g/mol. The van der Waals surface area contributed by atoms with Crippen LogP contribution in [0.25, 0.3) is 0 Å². The minimum Gasteiger partial charge on any atom is -0.300 e. The van der Waals surface area contributed by atoms with E-state index in [1.807, 2.05) is 51.1 Å². The maximum absolute atomic E-state index is 12.7. The van der Waals surface area contributed by atoms with Gasteiger partial charge in [-0.25, -0.2) is 4.40 Å². The predicted octanol–water partition coefficient (Wildman–Crippen LogP) is 5.74. The van der Waals surface area contributed by atoms with Crippen molar-refractivity contribution in [1.29, 1.82) is 5.41 Å². The third kappa shape index (κ3) is 3.70. The Labute approximate surface area is 155 Å². The van der Waals surface area contributed by atoms with Crippen molar-refractivity contribution < 1.29 is 13.2 Å². The van der Waals surface area contributed by atoms with Crippen LogP contribution in [0.5, 0.6) is 0 Å². The van der Waals surface area contributed by atoms with Crippen molar-refractivity contribution >= 4 is 23.4 Å². The molecule has 0 saturated heterocycles. The number of alkyl halides is 3. The lowest BCUT2D eigenvalue weighted by Gasteiger charge is -2.23. The quantitative estimate of drug-likeness (QED) is 0.634. The molecule has 1 N–H and O–H groups in total. The minimum atomic E-state index is -4.40.